The van der Waals surface area contributed by atoms with Crippen molar-refractivity contribution in [3.63, 3.8) is 0 Å². The monoisotopic (exact) mass is 276 g/mol. The van der Waals surface area contributed by atoms with Gasteiger partial charge >= 0.3 is 0 Å². The Labute approximate surface area is 123 Å². The number of piperidine rings is 1. The third-order valence-electron chi connectivity index (χ3n) is 4.38. The Bertz CT molecular complexity index is 402. The quantitative estimate of drug-likeness (QED) is 0.864. The number of nitrogens with one attached hydrogen (secondary N) is 1. The molecule has 1 aliphatic rings. The van der Waals surface area contributed by atoms with Crippen molar-refractivity contribution in [3.05, 3.63) is 29.8 Å². The van der Waals surface area contributed by atoms with Crippen molar-refractivity contribution in [2.45, 2.75) is 44.7 Å². The van der Waals surface area contributed by atoms with Gasteiger partial charge in [-0.2, -0.15) is 0 Å². The third kappa shape index (κ3) is 4.22. The average molecular weight is 276 g/mol. The number of para-hydroxylation sites is 1. The first kappa shape index (κ1) is 15.3. The summed E-state index contributed by atoms with van der Waals surface area (Å²) in [7, 11) is 3.98. The zero-order chi connectivity index (χ0) is 14.4. The summed E-state index contributed by atoms with van der Waals surface area (Å²) in [6.45, 7) is 4.62. The smallest absolute Gasteiger partial charge is 0.122 e. The minimum absolute atomic E-state index is 0.523. The van der Waals surface area contributed by atoms with Gasteiger partial charge in [-0.05, 0) is 51.4 Å². The fourth-order valence-corrected chi connectivity index (χ4v) is 2.95. The molecule has 0 amide bonds. The van der Waals surface area contributed by atoms with Gasteiger partial charge in [-0.25, -0.2) is 0 Å². The number of methoxy groups -OCH3 is 1. The van der Waals surface area contributed by atoms with E-state index in [0.717, 1.165) is 18.7 Å². The van der Waals surface area contributed by atoms with E-state index in [2.05, 4.69) is 36.3 Å². The second-order valence-corrected chi connectivity index (χ2v) is 5.95. The zero-order valence-corrected chi connectivity index (χ0v) is 13.1. The lowest BCUT2D eigenvalue weighted by Crippen LogP contribution is -2.45. The normalized spacial score (nSPS) is 20.9. The standard InChI is InChI=1S/C17H28N2O/c1-14(12-15-8-4-5-10-17(15)20-3)19(2)13-16-9-6-7-11-18-16/h4-5,8,10,14,16,18H,6-7,9,11-13H2,1-3H3. The molecule has 1 N–H and O–H groups in total. The van der Waals surface area contributed by atoms with E-state index in [9.17, 15) is 0 Å². The molecule has 2 rings (SSSR count). The maximum Gasteiger partial charge on any atom is 0.122 e. The Morgan fingerprint density at radius 3 is 2.85 bits per heavy atom. The molecule has 1 saturated heterocycles. The number of nitrogens with zero attached hydrogens (tertiary/aromatic N) is 1. The zero-order valence-electron chi connectivity index (χ0n) is 13.1. The van der Waals surface area contributed by atoms with Gasteiger partial charge in [0.05, 0.1) is 7.11 Å². The maximum absolute atomic E-state index is 5.45. The van der Waals surface area contributed by atoms with Gasteiger partial charge in [-0.15, -0.1) is 0 Å². The van der Waals surface area contributed by atoms with Crippen LogP contribution in [0.1, 0.15) is 31.7 Å². The van der Waals surface area contributed by atoms with E-state index in [1.807, 2.05) is 12.1 Å². The molecule has 0 aliphatic carbocycles. The molecule has 0 aromatic heterocycles. The Hall–Kier alpha value is -1.06. The molecule has 0 radical (unpaired) electrons. The molecule has 0 spiro atoms. The highest BCUT2D eigenvalue weighted by Crippen LogP contribution is 2.20. The van der Waals surface area contributed by atoms with Gasteiger partial charge < -0.3 is 15.0 Å². The van der Waals surface area contributed by atoms with Crippen molar-refractivity contribution in [2.75, 3.05) is 27.2 Å². The van der Waals surface area contributed by atoms with Crippen LogP contribution in [0.4, 0.5) is 0 Å². The first-order valence-corrected chi connectivity index (χ1v) is 7.76. The molecule has 1 aromatic carbocycles. The van der Waals surface area contributed by atoms with Crippen molar-refractivity contribution in [2.24, 2.45) is 0 Å². The van der Waals surface area contributed by atoms with Crippen molar-refractivity contribution in [1.82, 2.24) is 10.2 Å². The topological polar surface area (TPSA) is 24.5 Å². The Morgan fingerprint density at radius 2 is 2.15 bits per heavy atom. The minimum atomic E-state index is 0.523. The molecule has 1 aliphatic heterocycles. The molecule has 3 nitrogen and oxygen atoms in total. The van der Waals surface area contributed by atoms with E-state index in [-0.39, 0.29) is 0 Å². The second kappa shape index (κ2) is 7.65. The summed E-state index contributed by atoms with van der Waals surface area (Å²) < 4.78 is 5.45. The molecule has 1 aromatic rings. The van der Waals surface area contributed by atoms with Crippen molar-refractivity contribution in [3.8, 4) is 5.75 Å². The summed E-state index contributed by atoms with van der Waals surface area (Å²) in [6.07, 6.45) is 5.04. The Morgan fingerprint density at radius 1 is 1.35 bits per heavy atom. The van der Waals surface area contributed by atoms with Crippen LogP contribution in [0.3, 0.4) is 0 Å². The molecule has 2 unspecified atom stereocenters. The van der Waals surface area contributed by atoms with Gasteiger partial charge in [-0.1, -0.05) is 24.6 Å². The first-order valence-electron chi connectivity index (χ1n) is 7.76. The number of ether oxygens (including phenoxy) is 1. The van der Waals surface area contributed by atoms with E-state index in [4.69, 9.17) is 4.74 Å². The Kier molecular flexibility index (Phi) is 5.86. The Balaban J connectivity index is 1.88. The average Bonchev–Trinajstić information content (AvgIpc) is 2.48. The van der Waals surface area contributed by atoms with Crippen LogP contribution in [-0.4, -0.2) is 44.2 Å². The van der Waals surface area contributed by atoms with Crippen LogP contribution >= 0.6 is 0 Å². The van der Waals surface area contributed by atoms with E-state index < -0.39 is 0 Å². The van der Waals surface area contributed by atoms with Crippen molar-refractivity contribution < 1.29 is 4.74 Å². The molecule has 112 valence electrons. The van der Waals surface area contributed by atoms with Gasteiger partial charge in [0.2, 0.25) is 0 Å². The first-order chi connectivity index (χ1) is 9.70. The van der Waals surface area contributed by atoms with Crippen LogP contribution in [-0.2, 0) is 6.42 Å². The van der Waals surface area contributed by atoms with Crippen LogP contribution in [0.5, 0.6) is 5.75 Å². The highest BCUT2D eigenvalue weighted by atomic mass is 16.5. The summed E-state index contributed by atoms with van der Waals surface area (Å²) in [5.41, 5.74) is 1.30. The summed E-state index contributed by atoms with van der Waals surface area (Å²) in [6, 6.07) is 9.52. The lowest BCUT2D eigenvalue weighted by Gasteiger charge is -2.32. The predicted molar refractivity (Wildman–Crippen MR) is 84.4 cm³/mol. The summed E-state index contributed by atoms with van der Waals surface area (Å²) in [5, 5.41) is 3.62. The van der Waals surface area contributed by atoms with Gasteiger partial charge in [0.1, 0.15) is 5.75 Å². The lowest BCUT2D eigenvalue weighted by molar-refractivity contribution is 0.211. The molecular weight excluding hydrogens is 248 g/mol. The molecule has 0 bridgehead atoms. The molecule has 1 heterocycles. The van der Waals surface area contributed by atoms with E-state index in [0.29, 0.717) is 12.1 Å². The maximum atomic E-state index is 5.45. The number of likely N-dealkylation sites (N-methyl/N-ethyl adjacent to an activating group) is 1. The van der Waals surface area contributed by atoms with Crippen LogP contribution in [0.2, 0.25) is 0 Å². The van der Waals surface area contributed by atoms with Crippen LogP contribution in [0.25, 0.3) is 0 Å². The number of hydrogen-bond acceptors (Lipinski definition) is 3. The van der Waals surface area contributed by atoms with E-state index in [1.165, 1.54) is 31.4 Å². The predicted octanol–water partition coefficient (Wildman–Crippen LogP) is 2.70. The third-order valence-corrected chi connectivity index (χ3v) is 4.38. The molecule has 3 heteroatoms. The summed E-state index contributed by atoms with van der Waals surface area (Å²) in [4.78, 5) is 2.47. The highest BCUT2D eigenvalue weighted by Gasteiger charge is 2.18. The SMILES string of the molecule is COc1ccccc1CC(C)N(C)CC1CCCCN1. The summed E-state index contributed by atoms with van der Waals surface area (Å²) in [5.74, 6) is 1.00. The number of rotatable bonds is 6. The largest absolute Gasteiger partial charge is 0.496 e. The van der Waals surface area contributed by atoms with Gasteiger partial charge in [0.25, 0.3) is 0 Å². The van der Waals surface area contributed by atoms with Crippen LogP contribution in [0, 0.1) is 0 Å². The van der Waals surface area contributed by atoms with Crippen molar-refractivity contribution >= 4 is 0 Å². The molecule has 2 atom stereocenters. The molecule has 20 heavy (non-hydrogen) atoms. The number of hydrogen-bond donors (Lipinski definition) is 1. The fourth-order valence-electron chi connectivity index (χ4n) is 2.95. The number of benzene rings is 1. The molecule has 0 saturated carbocycles. The molecule has 1 fully saturated rings. The summed E-state index contributed by atoms with van der Waals surface area (Å²) >= 11 is 0. The van der Waals surface area contributed by atoms with Gasteiger partial charge in [0, 0.05) is 18.6 Å². The van der Waals surface area contributed by atoms with Gasteiger partial charge in [0.15, 0.2) is 0 Å². The van der Waals surface area contributed by atoms with Gasteiger partial charge in [-0.3, -0.25) is 0 Å². The van der Waals surface area contributed by atoms with Crippen LogP contribution in [0.15, 0.2) is 24.3 Å². The fraction of sp³-hybridized carbons (Fsp3) is 0.647. The van der Waals surface area contributed by atoms with Crippen LogP contribution < -0.4 is 10.1 Å². The van der Waals surface area contributed by atoms with Crippen molar-refractivity contribution in [1.29, 1.82) is 0 Å². The highest BCUT2D eigenvalue weighted by molar-refractivity contribution is 5.33. The second-order valence-electron chi connectivity index (χ2n) is 5.95. The lowest BCUT2D eigenvalue weighted by atomic mass is 10.0. The van der Waals surface area contributed by atoms with E-state index >= 15 is 0 Å². The minimum Gasteiger partial charge on any atom is -0.496 e. The molecular formula is C17H28N2O. The van der Waals surface area contributed by atoms with E-state index in [1.54, 1.807) is 7.11 Å².